The first-order valence-electron chi connectivity index (χ1n) is 7.51. The lowest BCUT2D eigenvalue weighted by atomic mass is 10.1. The molecule has 0 aliphatic heterocycles. The fourth-order valence-corrected chi connectivity index (χ4v) is 2.76. The highest BCUT2D eigenvalue weighted by atomic mass is 16.3. The summed E-state index contributed by atoms with van der Waals surface area (Å²) >= 11 is 0. The number of allylic oxidation sites excluding steroid dienone is 1. The minimum Gasteiger partial charge on any atom is -0.455 e. The molecule has 2 nitrogen and oxygen atoms in total. The third-order valence-corrected chi connectivity index (χ3v) is 3.91. The van der Waals surface area contributed by atoms with E-state index in [4.69, 9.17) is 4.42 Å². The van der Waals surface area contributed by atoms with Crippen LogP contribution in [0.2, 0.25) is 0 Å². The summed E-state index contributed by atoms with van der Waals surface area (Å²) in [7, 11) is 0. The van der Waals surface area contributed by atoms with Gasteiger partial charge in [-0.05, 0) is 18.2 Å². The highest BCUT2D eigenvalue weighted by Crippen LogP contribution is 2.31. The van der Waals surface area contributed by atoms with Crippen LogP contribution in [0, 0.1) is 0 Å². The average Bonchev–Trinajstić information content (AvgIpc) is 3.00. The molecule has 23 heavy (non-hydrogen) atoms. The number of hydrogen-bond acceptors (Lipinski definition) is 2. The zero-order valence-corrected chi connectivity index (χ0v) is 12.4. The standard InChI is InChI=1S/C21H14O2/c22-19(15-7-2-1-3-8-15)14-13-16-9-6-11-18-17-10-4-5-12-20(17)23-21(16)18/h1-14H. The molecule has 1 aromatic heterocycles. The molecule has 4 aromatic rings. The van der Waals surface area contributed by atoms with E-state index in [1.54, 1.807) is 6.08 Å². The van der Waals surface area contributed by atoms with Gasteiger partial charge in [-0.2, -0.15) is 0 Å². The Bertz CT molecular complexity index is 1020. The molecule has 0 fully saturated rings. The first-order chi connectivity index (χ1) is 11.3. The highest BCUT2D eigenvalue weighted by molar-refractivity contribution is 6.10. The molecule has 3 aromatic carbocycles. The van der Waals surface area contributed by atoms with E-state index >= 15 is 0 Å². The third-order valence-electron chi connectivity index (χ3n) is 3.91. The van der Waals surface area contributed by atoms with Crippen LogP contribution < -0.4 is 0 Å². The number of furan rings is 1. The average molecular weight is 298 g/mol. The van der Waals surface area contributed by atoms with Gasteiger partial charge in [0.25, 0.3) is 0 Å². The Balaban J connectivity index is 1.77. The van der Waals surface area contributed by atoms with Gasteiger partial charge in [0.05, 0.1) is 0 Å². The molecule has 110 valence electrons. The van der Waals surface area contributed by atoms with E-state index in [2.05, 4.69) is 0 Å². The maximum atomic E-state index is 12.2. The maximum Gasteiger partial charge on any atom is 0.185 e. The monoisotopic (exact) mass is 298 g/mol. The molecule has 0 unspecified atom stereocenters. The van der Waals surface area contributed by atoms with Crippen molar-refractivity contribution >= 4 is 33.8 Å². The topological polar surface area (TPSA) is 30.2 Å². The molecule has 0 atom stereocenters. The molecule has 0 spiro atoms. The van der Waals surface area contributed by atoms with Crippen LogP contribution in [0.1, 0.15) is 15.9 Å². The summed E-state index contributed by atoms with van der Waals surface area (Å²) < 4.78 is 5.96. The molecular weight excluding hydrogens is 284 g/mol. The smallest absolute Gasteiger partial charge is 0.185 e. The molecule has 0 radical (unpaired) electrons. The van der Waals surface area contributed by atoms with Crippen LogP contribution in [-0.2, 0) is 0 Å². The van der Waals surface area contributed by atoms with Gasteiger partial charge in [0, 0.05) is 21.9 Å². The van der Waals surface area contributed by atoms with Gasteiger partial charge in [-0.15, -0.1) is 0 Å². The number of para-hydroxylation sites is 2. The second-order valence-corrected chi connectivity index (χ2v) is 5.39. The number of carbonyl (C=O) groups excluding carboxylic acids is 1. The lowest BCUT2D eigenvalue weighted by molar-refractivity contribution is 0.104. The van der Waals surface area contributed by atoms with Crippen molar-refractivity contribution < 1.29 is 9.21 Å². The van der Waals surface area contributed by atoms with E-state index in [1.165, 1.54) is 0 Å². The van der Waals surface area contributed by atoms with Crippen LogP contribution in [-0.4, -0.2) is 5.78 Å². The van der Waals surface area contributed by atoms with Crippen molar-refractivity contribution in [2.24, 2.45) is 0 Å². The van der Waals surface area contributed by atoms with Gasteiger partial charge < -0.3 is 4.42 Å². The Morgan fingerprint density at radius 3 is 2.39 bits per heavy atom. The molecule has 0 N–H and O–H groups in total. The summed E-state index contributed by atoms with van der Waals surface area (Å²) in [4.78, 5) is 12.2. The van der Waals surface area contributed by atoms with Crippen molar-refractivity contribution in [1.82, 2.24) is 0 Å². The molecule has 0 amide bonds. The van der Waals surface area contributed by atoms with Crippen LogP contribution in [0.5, 0.6) is 0 Å². The third kappa shape index (κ3) is 2.44. The van der Waals surface area contributed by atoms with Crippen molar-refractivity contribution in [3.05, 3.63) is 90.0 Å². The first kappa shape index (κ1) is 13.5. The number of ketones is 1. The molecule has 0 bridgehead atoms. The van der Waals surface area contributed by atoms with Gasteiger partial charge in [0.1, 0.15) is 11.2 Å². The fraction of sp³-hybridized carbons (Fsp3) is 0. The van der Waals surface area contributed by atoms with Crippen molar-refractivity contribution in [1.29, 1.82) is 0 Å². The van der Waals surface area contributed by atoms with E-state index in [0.717, 1.165) is 27.5 Å². The van der Waals surface area contributed by atoms with Crippen molar-refractivity contribution in [2.45, 2.75) is 0 Å². The summed E-state index contributed by atoms with van der Waals surface area (Å²) in [6.45, 7) is 0. The molecule has 0 saturated heterocycles. The number of rotatable bonds is 3. The molecule has 0 saturated carbocycles. The summed E-state index contributed by atoms with van der Waals surface area (Å²) in [5.41, 5.74) is 3.26. The summed E-state index contributed by atoms with van der Waals surface area (Å²) in [5, 5.41) is 2.15. The predicted octanol–water partition coefficient (Wildman–Crippen LogP) is 5.48. The lowest BCUT2D eigenvalue weighted by Gasteiger charge is -1.96. The number of carbonyl (C=O) groups is 1. The first-order valence-corrected chi connectivity index (χ1v) is 7.51. The van der Waals surface area contributed by atoms with E-state index in [9.17, 15) is 4.79 Å². The summed E-state index contributed by atoms with van der Waals surface area (Å²) in [6, 6.07) is 23.2. The van der Waals surface area contributed by atoms with Crippen LogP contribution in [0.4, 0.5) is 0 Å². The number of benzene rings is 3. The van der Waals surface area contributed by atoms with Crippen molar-refractivity contribution in [3.8, 4) is 0 Å². The molecular formula is C21H14O2. The lowest BCUT2D eigenvalue weighted by Crippen LogP contribution is -1.92. The zero-order chi connectivity index (χ0) is 15.6. The second kappa shape index (κ2) is 5.58. The van der Waals surface area contributed by atoms with E-state index < -0.39 is 0 Å². The van der Waals surface area contributed by atoms with E-state index in [1.807, 2.05) is 78.9 Å². The molecule has 0 aliphatic carbocycles. The Kier molecular flexibility index (Phi) is 3.28. The van der Waals surface area contributed by atoms with E-state index in [-0.39, 0.29) is 5.78 Å². The fourth-order valence-electron chi connectivity index (χ4n) is 2.76. The Morgan fingerprint density at radius 1 is 0.783 bits per heavy atom. The molecule has 2 heteroatoms. The van der Waals surface area contributed by atoms with Crippen molar-refractivity contribution in [3.63, 3.8) is 0 Å². The maximum absolute atomic E-state index is 12.2. The van der Waals surface area contributed by atoms with E-state index in [0.29, 0.717) is 5.56 Å². The summed E-state index contributed by atoms with van der Waals surface area (Å²) in [5.74, 6) is -0.0151. The summed E-state index contributed by atoms with van der Waals surface area (Å²) in [6.07, 6.45) is 3.41. The van der Waals surface area contributed by atoms with Crippen LogP contribution in [0.25, 0.3) is 28.0 Å². The Morgan fingerprint density at radius 2 is 1.52 bits per heavy atom. The van der Waals surface area contributed by atoms with Gasteiger partial charge in [-0.25, -0.2) is 0 Å². The van der Waals surface area contributed by atoms with Gasteiger partial charge in [-0.3, -0.25) is 4.79 Å². The normalized spacial score (nSPS) is 11.5. The van der Waals surface area contributed by atoms with Gasteiger partial charge >= 0.3 is 0 Å². The van der Waals surface area contributed by atoms with Crippen molar-refractivity contribution in [2.75, 3.05) is 0 Å². The Hall–Kier alpha value is -3.13. The second-order valence-electron chi connectivity index (χ2n) is 5.39. The molecule has 0 aliphatic rings. The Labute approximate surface area is 133 Å². The minimum atomic E-state index is -0.0151. The van der Waals surface area contributed by atoms with Crippen LogP contribution in [0.3, 0.4) is 0 Å². The van der Waals surface area contributed by atoms with Gasteiger partial charge in [-0.1, -0.05) is 66.7 Å². The highest BCUT2D eigenvalue weighted by Gasteiger charge is 2.08. The van der Waals surface area contributed by atoms with Gasteiger partial charge in [0.2, 0.25) is 0 Å². The number of hydrogen-bond donors (Lipinski definition) is 0. The zero-order valence-electron chi connectivity index (χ0n) is 12.4. The molecule has 1 heterocycles. The number of fused-ring (bicyclic) bond motifs is 3. The predicted molar refractivity (Wildman–Crippen MR) is 93.5 cm³/mol. The van der Waals surface area contributed by atoms with Crippen LogP contribution >= 0.6 is 0 Å². The SMILES string of the molecule is O=C(C=Cc1cccc2c1oc1ccccc12)c1ccccc1. The van der Waals surface area contributed by atoms with Gasteiger partial charge in [0.15, 0.2) is 5.78 Å². The quantitative estimate of drug-likeness (QED) is 0.370. The largest absolute Gasteiger partial charge is 0.455 e. The molecule has 4 rings (SSSR count). The van der Waals surface area contributed by atoms with Crippen LogP contribution in [0.15, 0.2) is 83.3 Å². The minimum absolute atomic E-state index is 0.0151.